The van der Waals surface area contributed by atoms with Gasteiger partial charge in [-0.2, -0.15) is 13.2 Å². The smallest absolute Gasteiger partial charge is 0.441 e. The predicted molar refractivity (Wildman–Crippen MR) is 48.6 cm³/mol. The molecule has 0 heterocycles. The first-order valence-corrected chi connectivity index (χ1v) is 6.06. The van der Waals surface area contributed by atoms with Crippen LogP contribution in [0.4, 0.5) is 13.2 Å². The van der Waals surface area contributed by atoms with Gasteiger partial charge in [-0.3, -0.25) is 9.00 Å². The highest BCUT2D eigenvalue weighted by molar-refractivity contribution is 8.00. The summed E-state index contributed by atoms with van der Waals surface area (Å²) in [6.07, 6.45) is -0.275. The summed E-state index contributed by atoms with van der Waals surface area (Å²) in [7, 11) is -1.48. The third-order valence-electron chi connectivity index (χ3n) is 1.12. The SMILES string of the molecule is O=C(O)CCS(=O)CCSC(F)(F)F. The molecule has 14 heavy (non-hydrogen) atoms. The quantitative estimate of drug-likeness (QED) is 0.775. The van der Waals surface area contributed by atoms with E-state index in [2.05, 4.69) is 0 Å². The summed E-state index contributed by atoms with van der Waals surface area (Å²) in [4.78, 5) is 10.0. The van der Waals surface area contributed by atoms with Crippen LogP contribution in [-0.4, -0.2) is 38.1 Å². The van der Waals surface area contributed by atoms with Gasteiger partial charge < -0.3 is 5.11 Å². The molecule has 3 nitrogen and oxygen atoms in total. The molecule has 8 heteroatoms. The van der Waals surface area contributed by atoms with Crippen LogP contribution in [-0.2, 0) is 15.6 Å². The van der Waals surface area contributed by atoms with Crippen LogP contribution in [0.3, 0.4) is 0 Å². The minimum atomic E-state index is -4.31. The van der Waals surface area contributed by atoms with E-state index < -0.39 is 22.3 Å². The Morgan fingerprint density at radius 3 is 2.36 bits per heavy atom. The van der Waals surface area contributed by atoms with Crippen molar-refractivity contribution in [3.8, 4) is 0 Å². The Morgan fingerprint density at radius 1 is 1.36 bits per heavy atom. The van der Waals surface area contributed by atoms with Crippen LogP contribution in [0.25, 0.3) is 0 Å². The van der Waals surface area contributed by atoms with E-state index in [9.17, 15) is 22.2 Å². The fraction of sp³-hybridized carbons (Fsp3) is 0.833. The van der Waals surface area contributed by atoms with Gasteiger partial charge in [-0.1, -0.05) is 11.8 Å². The maximum Gasteiger partial charge on any atom is 0.441 e. The molecule has 0 aromatic rings. The average molecular weight is 250 g/mol. The highest BCUT2D eigenvalue weighted by atomic mass is 32.2. The lowest BCUT2D eigenvalue weighted by atomic mass is 10.5. The van der Waals surface area contributed by atoms with Crippen LogP contribution in [0.15, 0.2) is 0 Å². The van der Waals surface area contributed by atoms with Crippen molar-refractivity contribution in [3.05, 3.63) is 0 Å². The van der Waals surface area contributed by atoms with E-state index in [0.717, 1.165) is 0 Å². The standard InChI is InChI=1S/C6H9F3O3S2/c7-6(8,9)13-2-4-14(12)3-1-5(10)11/h1-4H2,(H,10,11). The summed E-state index contributed by atoms with van der Waals surface area (Å²) in [5.74, 6) is -1.61. The molecule has 1 atom stereocenters. The van der Waals surface area contributed by atoms with E-state index >= 15 is 0 Å². The van der Waals surface area contributed by atoms with Crippen molar-refractivity contribution in [2.45, 2.75) is 11.9 Å². The van der Waals surface area contributed by atoms with Crippen molar-refractivity contribution in [1.29, 1.82) is 0 Å². The molecule has 0 aliphatic carbocycles. The molecule has 1 N–H and O–H groups in total. The maximum absolute atomic E-state index is 11.6. The Labute approximate surface area is 85.5 Å². The second-order valence-corrected chi connectivity index (χ2v) is 5.14. The Hall–Kier alpha value is -0.240. The van der Waals surface area contributed by atoms with Crippen molar-refractivity contribution >= 4 is 28.5 Å². The molecule has 0 fully saturated rings. The number of hydrogen-bond acceptors (Lipinski definition) is 3. The lowest BCUT2D eigenvalue weighted by Gasteiger charge is -2.04. The number of aliphatic carboxylic acids is 1. The lowest BCUT2D eigenvalue weighted by molar-refractivity contribution is -0.136. The van der Waals surface area contributed by atoms with Crippen molar-refractivity contribution in [2.75, 3.05) is 17.3 Å². The van der Waals surface area contributed by atoms with Crippen LogP contribution in [0.5, 0.6) is 0 Å². The molecular weight excluding hydrogens is 241 g/mol. The van der Waals surface area contributed by atoms with Gasteiger partial charge in [0.05, 0.1) is 6.42 Å². The van der Waals surface area contributed by atoms with Gasteiger partial charge in [0.2, 0.25) is 0 Å². The summed E-state index contributed by atoms with van der Waals surface area (Å²) in [5, 5.41) is 8.20. The maximum atomic E-state index is 11.6. The summed E-state index contributed by atoms with van der Waals surface area (Å²) in [6, 6.07) is 0. The molecule has 0 bridgehead atoms. The summed E-state index contributed by atoms with van der Waals surface area (Å²) < 4.78 is 45.7. The number of carboxylic acids is 1. The molecule has 0 aromatic carbocycles. The van der Waals surface area contributed by atoms with Gasteiger partial charge in [0, 0.05) is 28.1 Å². The normalized spacial score (nSPS) is 13.9. The first-order valence-electron chi connectivity index (χ1n) is 3.59. The van der Waals surface area contributed by atoms with E-state index in [1.165, 1.54) is 0 Å². The highest BCUT2D eigenvalue weighted by Gasteiger charge is 2.27. The fourth-order valence-electron chi connectivity index (χ4n) is 0.554. The molecule has 0 amide bonds. The zero-order valence-corrected chi connectivity index (χ0v) is 8.68. The second kappa shape index (κ2) is 6.28. The molecule has 84 valence electrons. The number of carbonyl (C=O) groups is 1. The Morgan fingerprint density at radius 2 is 1.93 bits per heavy atom. The molecule has 0 spiro atoms. The molecule has 0 aliphatic rings. The number of halogens is 3. The van der Waals surface area contributed by atoms with Gasteiger partial charge in [0.1, 0.15) is 0 Å². The lowest BCUT2D eigenvalue weighted by Crippen LogP contribution is -2.11. The predicted octanol–water partition coefficient (Wildman–Crippen LogP) is 1.46. The Balaban J connectivity index is 3.50. The minimum Gasteiger partial charge on any atom is -0.481 e. The summed E-state index contributed by atoms with van der Waals surface area (Å²) in [6.45, 7) is 0. The van der Waals surface area contributed by atoms with Crippen LogP contribution in [0, 0.1) is 0 Å². The van der Waals surface area contributed by atoms with Crippen LogP contribution >= 0.6 is 11.8 Å². The van der Waals surface area contributed by atoms with Gasteiger partial charge in [-0.25, -0.2) is 0 Å². The second-order valence-electron chi connectivity index (χ2n) is 2.29. The van der Waals surface area contributed by atoms with Gasteiger partial charge in [-0.15, -0.1) is 0 Å². The molecule has 0 aliphatic heterocycles. The molecule has 0 saturated heterocycles. The van der Waals surface area contributed by atoms with Gasteiger partial charge in [0.15, 0.2) is 0 Å². The summed E-state index contributed by atoms with van der Waals surface area (Å²) >= 11 is -0.244. The fourth-order valence-corrected chi connectivity index (χ4v) is 2.47. The number of hydrogen-bond donors (Lipinski definition) is 1. The van der Waals surface area contributed by atoms with Crippen LogP contribution < -0.4 is 0 Å². The van der Waals surface area contributed by atoms with E-state index in [0.29, 0.717) is 0 Å². The molecule has 0 aromatic heterocycles. The summed E-state index contributed by atoms with van der Waals surface area (Å²) in [5.41, 5.74) is -4.31. The van der Waals surface area contributed by atoms with E-state index in [4.69, 9.17) is 5.11 Å². The zero-order chi connectivity index (χ0) is 11.2. The first-order chi connectivity index (χ1) is 6.31. The van der Waals surface area contributed by atoms with Gasteiger partial charge in [0.25, 0.3) is 0 Å². The third-order valence-corrected chi connectivity index (χ3v) is 3.43. The number of carboxylic acid groups (broad SMARTS) is 1. The van der Waals surface area contributed by atoms with E-state index in [1.807, 2.05) is 0 Å². The van der Waals surface area contributed by atoms with Crippen molar-refractivity contribution in [2.24, 2.45) is 0 Å². The first kappa shape index (κ1) is 13.8. The average Bonchev–Trinajstić information content (AvgIpc) is 1.98. The Bertz CT molecular complexity index is 217. The molecule has 0 saturated carbocycles. The Kier molecular flexibility index (Phi) is 6.17. The zero-order valence-electron chi connectivity index (χ0n) is 7.04. The van der Waals surface area contributed by atoms with Crippen molar-refractivity contribution < 1.29 is 27.3 Å². The van der Waals surface area contributed by atoms with Crippen LogP contribution in [0.1, 0.15) is 6.42 Å². The molecule has 0 radical (unpaired) electrons. The number of thioether (sulfide) groups is 1. The largest absolute Gasteiger partial charge is 0.481 e. The molecule has 0 rings (SSSR count). The van der Waals surface area contributed by atoms with Crippen molar-refractivity contribution in [3.63, 3.8) is 0 Å². The third kappa shape index (κ3) is 9.85. The molecular formula is C6H9F3O3S2. The van der Waals surface area contributed by atoms with Gasteiger partial charge in [-0.05, 0) is 0 Å². The molecule has 1 unspecified atom stereocenters. The monoisotopic (exact) mass is 250 g/mol. The van der Waals surface area contributed by atoms with E-state index in [-0.39, 0.29) is 35.4 Å². The minimum absolute atomic E-state index is 0.0895. The topological polar surface area (TPSA) is 54.4 Å². The van der Waals surface area contributed by atoms with E-state index in [1.54, 1.807) is 0 Å². The van der Waals surface area contributed by atoms with Crippen molar-refractivity contribution in [1.82, 2.24) is 0 Å². The number of rotatable bonds is 6. The van der Waals surface area contributed by atoms with Crippen LogP contribution in [0.2, 0.25) is 0 Å². The van der Waals surface area contributed by atoms with Gasteiger partial charge >= 0.3 is 11.5 Å². The highest BCUT2D eigenvalue weighted by Crippen LogP contribution is 2.29. The number of alkyl halides is 3.